The van der Waals surface area contributed by atoms with Crippen molar-refractivity contribution in [2.24, 2.45) is 0 Å². The van der Waals surface area contributed by atoms with Gasteiger partial charge in [0.05, 0.1) is 46.9 Å². The van der Waals surface area contributed by atoms with Crippen molar-refractivity contribution in [3.05, 3.63) is 236 Å². The van der Waals surface area contributed by atoms with E-state index in [1.54, 1.807) is 13.0 Å². The van der Waals surface area contributed by atoms with Gasteiger partial charge in [-0.2, -0.15) is 80.2 Å². The summed E-state index contributed by atoms with van der Waals surface area (Å²) in [6, 6.07) is 32.8. The van der Waals surface area contributed by atoms with Gasteiger partial charge in [-0.1, -0.05) is 84.4 Å². The second kappa shape index (κ2) is 36.8. The van der Waals surface area contributed by atoms with E-state index >= 15 is 0 Å². The lowest BCUT2D eigenvalue weighted by Crippen LogP contribution is -2.26. The van der Waals surface area contributed by atoms with E-state index in [1.165, 1.54) is 35.9 Å². The number of allylic oxidation sites excluding steroid dienone is 4. The van der Waals surface area contributed by atoms with E-state index in [4.69, 9.17) is 11.6 Å². The molecule has 582 valence electrons. The number of benzene rings is 4. The summed E-state index contributed by atoms with van der Waals surface area (Å²) in [5.74, 6) is 7.36. The zero-order valence-corrected chi connectivity index (χ0v) is 64.5. The van der Waals surface area contributed by atoms with Crippen LogP contribution in [-0.2, 0) is 0 Å². The number of nitrogens with one attached hydrogen (secondary N) is 8. The van der Waals surface area contributed by atoms with Gasteiger partial charge in [0.15, 0.2) is 23.3 Å². The quantitative estimate of drug-likeness (QED) is 0.0329. The van der Waals surface area contributed by atoms with E-state index in [1.807, 2.05) is 168 Å². The molecule has 0 radical (unpaired) electrons. The van der Waals surface area contributed by atoms with E-state index < -0.39 is 11.6 Å². The van der Waals surface area contributed by atoms with Crippen LogP contribution in [-0.4, -0.2) is 127 Å². The molecule has 8 aromatic heterocycles. The molecule has 8 N–H and O–H groups in total. The molecule has 0 spiro atoms. The van der Waals surface area contributed by atoms with E-state index in [-0.39, 0.29) is 35.8 Å². The smallest absolute Gasteiger partial charge is 0.233 e. The summed E-state index contributed by atoms with van der Waals surface area (Å²) in [6.07, 6.45) is 23.0. The average molecular weight is 1550 g/mol. The van der Waals surface area contributed by atoms with Gasteiger partial charge < -0.3 is 40.9 Å². The van der Waals surface area contributed by atoms with Crippen LogP contribution in [0.25, 0.3) is 24.3 Å². The number of anilines is 12. The summed E-state index contributed by atoms with van der Waals surface area (Å²) in [6.45, 7) is 18.3. The summed E-state index contributed by atoms with van der Waals surface area (Å²) < 4.78 is 55.3. The van der Waals surface area contributed by atoms with Gasteiger partial charge in [-0.15, -0.1) is 0 Å². The Kier molecular flexibility index (Phi) is 25.5. The van der Waals surface area contributed by atoms with Gasteiger partial charge in [0.2, 0.25) is 47.6 Å². The predicted octanol–water partition coefficient (Wildman–Crippen LogP) is 17.3. The van der Waals surface area contributed by atoms with Crippen molar-refractivity contribution in [2.75, 3.05) is 67.0 Å². The highest BCUT2D eigenvalue weighted by Crippen LogP contribution is 2.40. The van der Waals surface area contributed by atoms with Gasteiger partial charge in [-0.25, -0.2) is 17.6 Å². The number of nitrogens with zero attached hydrogens (tertiary/aromatic N) is 20. The number of aromatic nitrogens is 20. The van der Waals surface area contributed by atoms with Crippen molar-refractivity contribution in [3.63, 3.8) is 0 Å². The van der Waals surface area contributed by atoms with Crippen molar-refractivity contribution in [1.29, 1.82) is 0 Å². The fourth-order valence-corrected chi connectivity index (χ4v) is 14.1. The lowest BCUT2D eigenvalue weighted by Gasteiger charge is -2.25. The Balaban J connectivity index is 0.000000132. The molecule has 4 aliphatic heterocycles. The number of rotatable bonds is 20. The molecule has 12 aromatic rings. The van der Waals surface area contributed by atoms with Crippen LogP contribution >= 0.6 is 11.6 Å². The molecule has 4 aromatic carbocycles. The molecular formula is C80H87ClF4N28. The van der Waals surface area contributed by atoms with Crippen LogP contribution in [0.3, 0.4) is 0 Å². The highest BCUT2D eigenvalue weighted by atomic mass is 35.5. The highest BCUT2D eigenvalue weighted by molar-refractivity contribution is 6.30. The third kappa shape index (κ3) is 20.2. The molecule has 0 aliphatic carbocycles. The summed E-state index contributed by atoms with van der Waals surface area (Å²) in [4.78, 5) is 62.3. The molecule has 4 aliphatic rings. The van der Waals surface area contributed by atoms with Crippen LogP contribution in [0.5, 0.6) is 0 Å². The van der Waals surface area contributed by atoms with Crippen LogP contribution in [0.1, 0.15) is 172 Å². The Morgan fingerprint density at radius 2 is 0.664 bits per heavy atom. The third-order valence-corrected chi connectivity index (χ3v) is 19.1. The Morgan fingerprint density at radius 3 is 1.00 bits per heavy atom. The second-order valence-electron chi connectivity index (χ2n) is 27.1. The number of hydrogen-bond acceptors (Lipinski definition) is 24. The average Bonchev–Trinajstić information content (AvgIpc) is 1.73. The zero-order valence-electron chi connectivity index (χ0n) is 63.7. The first-order valence-corrected chi connectivity index (χ1v) is 37.8. The first kappa shape index (κ1) is 78.3. The maximum Gasteiger partial charge on any atom is 0.233 e. The van der Waals surface area contributed by atoms with Crippen LogP contribution in [0.2, 0.25) is 5.02 Å². The summed E-state index contributed by atoms with van der Waals surface area (Å²) in [5, 5.41) is 41.8. The molecule has 16 rings (SSSR count). The number of aryl methyl sites for hydroxylation is 4. The molecule has 12 heterocycles. The van der Waals surface area contributed by atoms with Gasteiger partial charge >= 0.3 is 0 Å². The molecule has 0 amide bonds. The maximum atomic E-state index is 14.4. The van der Waals surface area contributed by atoms with Crippen LogP contribution in [0, 0.1) is 51.0 Å². The maximum absolute atomic E-state index is 14.4. The molecular weight excluding hydrogens is 1460 g/mol. The third-order valence-electron chi connectivity index (χ3n) is 18.8. The van der Waals surface area contributed by atoms with Crippen molar-refractivity contribution >= 4 is 107 Å². The van der Waals surface area contributed by atoms with Crippen molar-refractivity contribution in [2.45, 2.75) is 131 Å². The largest absolute Gasteiger partial charge is 0.334 e. The molecule has 28 nitrogen and oxygen atoms in total. The minimum Gasteiger partial charge on any atom is -0.334 e. The Bertz CT molecular complexity index is 5150. The monoisotopic (exact) mass is 1550 g/mol. The lowest BCUT2D eigenvalue weighted by molar-refractivity contribution is 0.552. The molecule has 4 fully saturated rings. The molecule has 113 heavy (non-hydrogen) atoms. The molecule has 4 saturated heterocycles. The fourth-order valence-electron chi connectivity index (χ4n) is 14.0. The van der Waals surface area contributed by atoms with Gasteiger partial charge in [-0.05, 0) is 179 Å². The lowest BCUT2D eigenvalue weighted by atomic mass is 10.0. The molecule has 0 saturated carbocycles. The van der Waals surface area contributed by atoms with E-state index in [9.17, 15) is 17.6 Å². The van der Waals surface area contributed by atoms with Gasteiger partial charge in [0.25, 0.3) is 0 Å². The van der Waals surface area contributed by atoms with Crippen LogP contribution in [0.4, 0.5) is 88.4 Å². The Hall–Kier alpha value is -12.9. The first-order valence-electron chi connectivity index (χ1n) is 37.4. The highest BCUT2D eigenvalue weighted by Gasteiger charge is 2.34. The summed E-state index contributed by atoms with van der Waals surface area (Å²) in [7, 11) is 0. The standard InChI is InChI=1S/C20H22ClN7.C20H21F2N7.2C20H22FN7/c1-3-5-16-12-18(27-26-16)24-19-22-13(2)23-20(25-19)28-11-4-6-17(28)14-7-9-15(21)10-8-14;1-3-5-14-11-18(28-27-14)25-19-23-12(2)24-20(26-19)29-9-4-6-17(29)15-8-7-13(21)10-16(15)22;1-3-7-14-12-18(27-26-14)24-19-22-13(2)23-20(25-19)28-11-6-10-17(28)15-8-4-5-9-16(15)21;1-3-5-16-12-18(27-26-16)24-19-22-13(2)23-20(25-19)28-11-4-6-17(28)14-7-9-15(21)10-8-14/h3,5,7-10,12,17H,4,6,11H2,1-2H3,(H2,22,23,24,25,26,27);3,5,7-8,10-11,17H,4,6,9H2,1-2H3,(H2,23,24,25,26,27,28);3-5,7-9,12,17H,6,10-11H2,1-2H3,(H2,22,23,24,25,26,27);3,5,7-10,12,17H,4,6,11H2,1-2H3,(H2,22,23,24,25,26,27)/b2*5-3+;7-3+;5-3+. The predicted molar refractivity (Wildman–Crippen MR) is 432 cm³/mol. The molecule has 0 bridgehead atoms. The first-order chi connectivity index (χ1) is 54.9. The molecule has 4 atom stereocenters. The van der Waals surface area contributed by atoms with Crippen molar-refractivity contribution in [1.82, 2.24) is 101 Å². The van der Waals surface area contributed by atoms with Crippen molar-refractivity contribution < 1.29 is 17.6 Å². The number of aromatic amines is 4. The number of H-pyrrole nitrogens is 4. The minimum absolute atomic E-state index is 0.0810. The van der Waals surface area contributed by atoms with Gasteiger partial charge in [0.1, 0.15) is 46.6 Å². The van der Waals surface area contributed by atoms with Crippen LogP contribution < -0.4 is 40.9 Å². The fraction of sp³-hybridized carbons (Fsp3) is 0.300. The Labute approximate surface area is 655 Å². The molecule has 4 unspecified atom stereocenters. The van der Waals surface area contributed by atoms with Crippen molar-refractivity contribution in [3.8, 4) is 0 Å². The second-order valence-corrected chi connectivity index (χ2v) is 27.5. The zero-order chi connectivity index (χ0) is 78.9. The SMILES string of the molecule is C/C=C/c1cc(Nc2nc(C)nc(N3CCCC3c3ccc(Cl)cc3)n2)n[nH]1.C/C=C/c1cc(Nc2nc(C)nc(N3CCCC3c3ccc(F)cc3)n2)n[nH]1.C/C=C/c1cc(Nc2nc(C)nc(N3CCCC3c3ccc(F)cc3F)n2)n[nH]1.C/C=C/c1cc(Nc2nc(C)nc(N3CCCC3c3ccccc3F)n2)n[nH]1. The van der Waals surface area contributed by atoms with E-state index in [2.05, 4.69) is 144 Å². The van der Waals surface area contributed by atoms with Crippen LogP contribution in [0.15, 0.2) is 140 Å². The van der Waals surface area contributed by atoms with Gasteiger partial charge in [0, 0.05) is 72.7 Å². The van der Waals surface area contributed by atoms with Gasteiger partial charge in [-0.3, -0.25) is 20.4 Å². The minimum atomic E-state index is -0.588. The number of hydrogen-bond donors (Lipinski definition) is 8. The topological polar surface area (TPSA) is 330 Å². The van der Waals surface area contributed by atoms with E-state index in [0.717, 1.165) is 110 Å². The number of halogens is 5. The Morgan fingerprint density at radius 1 is 0.354 bits per heavy atom. The normalized spacial score (nSPS) is 16.8. The summed E-state index contributed by atoms with van der Waals surface area (Å²) >= 11 is 6.04. The summed E-state index contributed by atoms with van der Waals surface area (Å²) in [5.41, 5.74) is 6.95. The molecule has 33 heteroatoms. The van der Waals surface area contributed by atoms with E-state index in [0.29, 0.717) is 112 Å².